The van der Waals surface area contributed by atoms with Crippen LogP contribution < -0.4 is 9.44 Å². The van der Waals surface area contributed by atoms with Gasteiger partial charge in [0.15, 0.2) is 11.6 Å². The summed E-state index contributed by atoms with van der Waals surface area (Å²) in [5, 5.41) is 15.5. The highest BCUT2D eigenvalue weighted by Gasteiger charge is 2.36. The molecule has 0 bridgehead atoms. The zero-order valence-electron chi connectivity index (χ0n) is 32.5. The number of aromatic nitrogens is 6. The number of halogens is 3. The molecule has 2 fully saturated rings. The summed E-state index contributed by atoms with van der Waals surface area (Å²) in [6.45, 7) is 4.20. The minimum atomic E-state index is -4.81. The molecule has 2 saturated heterocycles. The van der Waals surface area contributed by atoms with Crippen molar-refractivity contribution < 1.29 is 44.0 Å². The van der Waals surface area contributed by atoms with E-state index in [2.05, 4.69) is 40.7 Å². The van der Waals surface area contributed by atoms with Crippen LogP contribution in [0.3, 0.4) is 0 Å². The van der Waals surface area contributed by atoms with Gasteiger partial charge in [0.2, 0.25) is 31.8 Å². The normalized spacial score (nSPS) is 15.7. The molecule has 5 heterocycles. The Hall–Kier alpha value is -6.29. The highest BCUT2D eigenvalue weighted by Crippen LogP contribution is 2.37. The molecule has 24 heteroatoms. The highest BCUT2D eigenvalue weighted by atomic mass is 32.2. The number of alkyl halides is 3. The van der Waals surface area contributed by atoms with Crippen LogP contribution in [-0.2, 0) is 45.1 Å². The second kappa shape index (κ2) is 17.4. The van der Waals surface area contributed by atoms with Gasteiger partial charge in [0.25, 0.3) is 0 Å². The van der Waals surface area contributed by atoms with E-state index in [1.54, 1.807) is 4.90 Å². The molecule has 322 valence electrons. The largest absolute Gasteiger partial charge is 0.419 e. The van der Waals surface area contributed by atoms with Crippen LogP contribution in [0.2, 0.25) is 0 Å². The fraction of sp³-hybridized carbons (Fsp3) is 0.351. The van der Waals surface area contributed by atoms with Crippen LogP contribution in [0.25, 0.3) is 11.5 Å². The zero-order valence-corrected chi connectivity index (χ0v) is 34.1. The molecule has 2 aliphatic heterocycles. The van der Waals surface area contributed by atoms with Crippen LogP contribution in [0.1, 0.15) is 28.1 Å². The van der Waals surface area contributed by atoms with Crippen molar-refractivity contribution in [3.63, 3.8) is 0 Å². The quantitative estimate of drug-likeness (QED) is 0.183. The Balaban J connectivity index is 0.935. The van der Waals surface area contributed by atoms with E-state index in [0.717, 1.165) is 32.8 Å². The Labute approximate surface area is 348 Å². The van der Waals surface area contributed by atoms with E-state index in [0.29, 0.717) is 51.4 Å². The first-order chi connectivity index (χ1) is 28.9. The first-order valence-corrected chi connectivity index (χ1v) is 22.2. The lowest BCUT2D eigenvalue weighted by Crippen LogP contribution is -2.49. The van der Waals surface area contributed by atoms with Crippen LogP contribution in [-0.4, -0.2) is 137 Å². The van der Waals surface area contributed by atoms with Gasteiger partial charge >= 0.3 is 18.2 Å². The van der Waals surface area contributed by atoms with E-state index in [4.69, 9.17) is 10.8 Å². The molecule has 2 N–H and O–H groups in total. The van der Waals surface area contributed by atoms with Crippen molar-refractivity contribution in [3.05, 3.63) is 95.1 Å². The minimum absolute atomic E-state index is 0.0148. The van der Waals surface area contributed by atoms with Crippen LogP contribution in [0.4, 0.5) is 34.4 Å². The number of anilines is 2. The number of carbonyl (C=O) groups excluding carboxylic acids is 2. The number of terminal acetylenes is 1. The second-order valence-electron chi connectivity index (χ2n) is 14.3. The minimum Gasteiger partial charge on any atom is -0.419 e. The van der Waals surface area contributed by atoms with Gasteiger partial charge in [0.05, 0.1) is 17.4 Å². The average molecular weight is 885 g/mol. The zero-order chi connectivity index (χ0) is 43.5. The van der Waals surface area contributed by atoms with Gasteiger partial charge in [0, 0.05) is 95.5 Å². The fourth-order valence-electron chi connectivity index (χ4n) is 6.76. The number of piperazine rings is 2. The van der Waals surface area contributed by atoms with Crippen molar-refractivity contribution in [2.24, 2.45) is 0 Å². The molecule has 2 amide bonds. The molecular formula is C37H39F3N12O7S2. The molecule has 0 saturated carbocycles. The number of hydrogen-bond acceptors (Lipinski definition) is 13. The van der Waals surface area contributed by atoms with Crippen LogP contribution >= 0.6 is 0 Å². The fourth-order valence-corrected chi connectivity index (χ4v) is 8.19. The number of benzene rings is 2. The molecule has 0 unspecified atom stereocenters. The summed E-state index contributed by atoms with van der Waals surface area (Å²) in [7, 11) is -7.88. The summed E-state index contributed by atoms with van der Waals surface area (Å²) in [5.74, 6) is 0.472. The van der Waals surface area contributed by atoms with Crippen molar-refractivity contribution in [1.82, 2.24) is 49.4 Å². The van der Waals surface area contributed by atoms with E-state index in [-0.39, 0.29) is 31.3 Å². The lowest BCUT2D eigenvalue weighted by atomic mass is 10.0. The Morgan fingerprint density at radius 1 is 0.754 bits per heavy atom. The van der Waals surface area contributed by atoms with Gasteiger partial charge < -0.3 is 14.2 Å². The number of amides is 2. The molecule has 7 rings (SSSR count). The maximum absolute atomic E-state index is 14.2. The predicted octanol–water partition coefficient (Wildman–Crippen LogP) is 3.01. The molecular weight excluding hydrogens is 846 g/mol. The third kappa shape index (κ3) is 10.9. The Morgan fingerprint density at radius 2 is 1.28 bits per heavy atom. The lowest BCUT2D eigenvalue weighted by Gasteiger charge is -2.34. The standard InChI is InChI=1S/C37H39F3N12O7S2/c1-3-26-4-6-27(7-5-26)23-47-14-18-49(19-15-47)36(54)52-13-11-32(44-52)46-61(57,58)25-33-41-42-34(59-33)29-22-28(8-9-30(29)37(38,39)40)24-48-16-20-50(21-17-48)35(53)51-12-10-31(43-51)45-60(2,55)56/h1,4-13,22H,14-21,23-25H2,2H3,(H,43,45)(H,44,46). The topological polar surface area (TPSA) is 214 Å². The van der Waals surface area contributed by atoms with E-state index < -0.39 is 66.9 Å². The molecule has 0 aliphatic carbocycles. The first kappa shape index (κ1) is 42.8. The Bertz CT molecular complexity index is 2660. The molecule has 0 spiro atoms. The molecule has 61 heavy (non-hydrogen) atoms. The molecule has 2 aliphatic rings. The van der Waals surface area contributed by atoms with Gasteiger partial charge in [-0.25, -0.2) is 26.4 Å². The maximum Gasteiger partial charge on any atom is 0.417 e. The van der Waals surface area contributed by atoms with E-state index in [1.807, 2.05) is 29.2 Å². The summed E-state index contributed by atoms with van der Waals surface area (Å²) in [6, 6.07) is 12.8. The number of nitrogens with one attached hydrogen (secondary N) is 2. The van der Waals surface area contributed by atoms with Crippen LogP contribution in [0.5, 0.6) is 0 Å². The number of carbonyl (C=O) groups is 2. The number of hydrogen-bond donors (Lipinski definition) is 2. The molecule has 0 atom stereocenters. The second-order valence-corrected chi connectivity index (χ2v) is 17.8. The third-order valence-electron chi connectivity index (χ3n) is 9.74. The average Bonchev–Trinajstić information content (AvgIpc) is 3.99. The van der Waals surface area contributed by atoms with Crippen molar-refractivity contribution in [3.8, 4) is 23.8 Å². The van der Waals surface area contributed by atoms with Crippen molar-refractivity contribution in [2.75, 3.05) is 68.1 Å². The van der Waals surface area contributed by atoms with Gasteiger partial charge in [-0.2, -0.15) is 22.5 Å². The summed E-state index contributed by atoms with van der Waals surface area (Å²) in [5.41, 5.74) is 0.823. The maximum atomic E-state index is 14.2. The lowest BCUT2D eigenvalue weighted by molar-refractivity contribution is -0.137. The summed E-state index contributed by atoms with van der Waals surface area (Å²) in [6.07, 6.45) is 4.21. The van der Waals surface area contributed by atoms with Gasteiger partial charge in [0.1, 0.15) is 5.75 Å². The molecule has 5 aromatic rings. The monoisotopic (exact) mass is 884 g/mol. The van der Waals surface area contributed by atoms with Crippen LogP contribution in [0.15, 0.2) is 71.4 Å². The SMILES string of the molecule is C#Cc1ccc(CN2CCN(C(=O)n3ccc(NS(=O)(=O)Cc4nnc(-c5cc(CN6CCN(C(=O)n7ccc(NS(C)(=O)=O)n7)CC6)ccc5C(F)(F)F)o4)n3)CC2)cc1. The van der Waals surface area contributed by atoms with Gasteiger partial charge in [-0.1, -0.05) is 24.1 Å². The van der Waals surface area contributed by atoms with Crippen molar-refractivity contribution in [2.45, 2.75) is 25.0 Å². The molecule has 3 aromatic heterocycles. The third-order valence-corrected chi connectivity index (χ3v) is 11.5. The number of sulfonamides is 2. The van der Waals surface area contributed by atoms with Crippen molar-refractivity contribution in [1.29, 1.82) is 0 Å². The first-order valence-electron chi connectivity index (χ1n) is 18.6. The van der Waals surface area contributed by atoms with Gasteiger partial charge in [-0.15, -0.1) is 26.8 Å². The number of nitrogens with zero attached hydrogens (tertiary/aromatic N) is 10. The van der Waals surface area contributed by atoms with Gasteiger partial charge in [-0.05, 0) is 35.4 Å². The molecule has 19 nitrogen and oxygen atoms in total. The van der Waals surface area contributed by atoms with Crippen molar-refractivity contribution >= 4 is 43.7 Å². The summed E-state index contributed by atoms with van der Waals surface area (Å²) >= 11 is 0. The molecule has 0 radical (unpaired) electrons. The predicted molar refractivity (Wildman–Crippen MR) is 214 cm³/mol. The van der Waals surface area contributed by atoms with Crippen LogP contribution in [0, 0.1) is 12.3 Å². The number of rotatable bonds is 11. The van der Waals surface area contributed by atoms with Gasteiger partial charge in [-0.3, -0.25) is 19.2 Å². The molecule has 2 aromatic carbocycles. The van der Waals surface area contributed by atoms with E-state index in [9.17, 15) is 39.6 Å². The van der Waals surface area contributed by atoms with E-state index >= 15 is 0 Å². The smallest absolute Gasteiger partial charge is 0.417 e. The van der Waals surface area contributed by atoms with E-state index in [1.165, 1.54) is 41.6 Å². The summed E-state index contributed by atoms with van der Waals surface area (Å²) in [4.78, 5) is 33.3. The summed E-state index contributed by atoms with van der Waals surface area (Å²) < 4.78 is 103. The Morgan fingerprint density at radius 3 is 1.80 bits per heavy atom. The highest BCUT2D eigenvalue weighted by molar-refractivity contribution is 7.92. The Kier molecular flexibility index (Phi) is 12.2.